The highest BCUT2D eigenvalue weighted by atomic mass is 32.1. The minimum atomic E-state index is -0.130. The van der Waals surface area contributed by atoms with Gasteiger partial charge in [-0.2, -0.15) is 0 Å². The summed E-state index contributed by atoms with van der Waals surface area (Å²) in [5.41, 5.74) is 9.57. The van der Waals surface area contributed by atoms with Crippen molar-refractivity contribution in [2.45, 2.75) is 24.8 Å². The molecule has 92 valence electrons. The average Bonchev–Trinajstić information content (AvgIpc) is 2.89. The maximum atomic E-state index is 6.17. The Morgan fingerprint density at radius 2 is 2.22 bits per heavy atom. The van der Waals surface area contributed by atoms with Crippen LogP contribution in [0.15, 0.2) is 23.6 Å². The first-order valence-electron chi connectivity index (χ1n) is 6.26. The average molecular weight is 258 g/mol. The molecular formula is C14H14N2OS. The van der Waals surface area contributed by atoms with E-state index in [1.54, 1.807) is 11.3 Å². The van der Waals surface area contributed by atoms with Crippen molar-refractivity contribution < 1.29 is 4.74 Å². The standard InChI is InChI=1S/C14H14N2OS/c15-14(4-5-14)12-8-18-13(16-12)10-1-2-11-9(7-10)3-6-17-11/h1-2,7-8H,3-6,15H2. The van der Waals surface area contributed by atoms with E-state index >= 15 is 0 Å². The van der Waals surface area contributed by atoms with Gasteiger partial charge in [-0.25, -0.2) is 4.98 Å². The quantitative estimate of drug-likeness (QED) is 0.901. The molecule has 1 saturated carbocycles. The topological polar surface area (TPSA) is 48.1 Å². The summed E-state index contributed by atoms with van der Waals surface area (Å²) < 4.78 is 5.52. The Kier molecular flexibility index (Phi) is 2.08. The summed E-state index contributed by atoms with van der Waals surface area (Å²) in [4.78, 5) is 4.69. The molecule has 1 fully saturated rings. The van der Waals surface area contributed by atoms with Crippen LogP contribution in [0.25, 0.3) is 10.6 Å². The molecule has 0 bridgehead atoms. The van der Waals surface area contributed by atoms with Crippen molar-refractivity contribution in [3.63, 3.8) is 0 Å². The van der Waals surface area contributed by atoms with Gasteiger partial charge in [0.15, 0.2) is 0 Å². The van der Waals surface area contributed by atoms with Crippen LogP contribution in [0.1, 0.15) is 24.1 Å². The second-order valence-electron chi connectivity index (χ2n) is 5.12. The zero-order chi connectivity index (χ0) is 12.2. The zero-order valence-corrected chi connectivity index (χ0v) is 10.8. The highest BCUT2D eigenvalue weighted by Gasteiger charge is 2.42. The Morgan fingerprint density at radius 1 is 1.33 bits per heavy atom. The second kappa shape index (κ2) is 3.56. The summed E-state index contributed by atoms with van der Waals surface area (Å²) in [5, 5.41) is 3.17. The van der Waals surface area contributed by atoms with E-state index in [4.69, 9.17) is 15.5 Å². The van der Waals surface area contributed by atoms with Crippen LogP contribution >= 0.6 is 11.3 Å². The lowest BCUT2D eigenvalue weighted by Gasteiger charge is -2.03. The predicted octanol–water partition coefficient (Wildman–Crippen LogP) is 2.69. The van der Waals surface area contributed by atoms with Crippen molar-refractivity contribution in [1.82, 2.24) is 4.98 Å². The summed E-state index contributed by atoms with van der Waals surface area (Å²) in [6, 6.07) is 6.33. The highest BCUT2D eigenvalue weighted by molar-refractivity contribution is 7.13. The Labute approximate surface area is 110 Å². The molecule has 2 aliphatic rings. The molecule has 0 saturated heterocycles. The van der Waals surface area contributed by atoms with Crippen LogP contribution < -0.4 is 10.5 Å². The van der Waals surface area contributed by atoms with Gasteiger partial charge in [0, 0.05) is 17.4 Å². The predicted molar refractivity (Wildman–Crippen MR) is 71.8 cm³/mol. The van der Waals surface area contributed by atoms with Gasteiger partial charge in [-0.3, -0.25) is 0 Å². The van der Waals surface area contributed by atoms with E-state index in [-0.39, 0.29) is 5.54 Å². The Morgan fingerprint density at radius 3 is 3.06 bits per heavy atom. The first-order valence-corrected chi connectivity index (χ1v) is 7.14. The second-order valence-corrected chi connectivity index (χ2v) is 5.97. The number of nitrogens with two attached hydrogens (primary N) is 1. The third kappa shape index (κ3) is 1.56. The Bertz CT molecular complexity index is 616. The SMILES string of the molecule is NC1(c2csc(-c3ccc4c(c3)CCO4)n2)CC1. The van der Waals surface area contributed by atoms with Gasteiger partial charge in [0.2, 0.25) is 0 Å². The van der Waals surface area contributed by atoms with E-state index in [9.17, 15) is 0 Å². The largest absolute Gasteiger partial charge is 0.493 e. The van der Waals surface area contributed by atoms with Crippen molar-refractivity contribution in [3.8, 4) is 16.3 Å². The molecule has 0 atom stereocenters. The van der Waals surface area contributed by atoms with Gasteiger partial charge in [0.25, 0.3) is 0 Å². The maximum Gasteiger partial charge on any atom is 0.123 e. The summed E-state index contributed by atoms with van der Waals surface area (Å²) in [5.74, 6) is 1.02. The third-order valence-electron chi connectivity index (χ3n) is 3.74. The molecule has 2 aromatic rings. The normalized spacial score (nSPS) is 19.4. The molecule has 4 heteroatoms. The highest BCUT2D eigenvalue weighted by Crippen LogP contribution is 2.44. The molecule has 0 radical (unpaired) electrons. The molecule has 2 N–H and O–H groups in total. The molecule has 1 aromatic carbocycles. The lowest BCUT2D eigenvalue weighted by atomic mass is 10.1. The summed E-state index contributed by atoms with van der Waals surface area (Å²) in [6.07, 6.45) is 3.13. The van der Waals surface area contributed by atoms with Crippen molar-refractivity contribution in [1.29, 1.82) is 0 Å². The molecule has 1 aliphatic carbocycles. The number of hydrogen-bond donors (Lipinski definition) is 1. The van der Waals surface area contributed by atoms with Gasteiger partial charge in [-0.15, -0.1) is 11.3 Å². The number of hydrogen-bond acceptors (Lipinski definition) is 4. The van der Waals surface area contributed by atoms with Crippen molar-refractivity contribution >= 4 is 11.3 Å². The molecule has 1 aliphatic heterocycles. The molecule has 18 heavy (non-hydrogen) atoms. The van der Waals surface area contributed by atoms with Crippen molar-refractivity contribution in [2.24, 2.45) is 5.73 Å². The fourth-order valence-corrected chi connectivity index (χ4v) is 3.27. The monoisotopic (exact) mass is 258 g/mol. The Hall–Kier alpha value is -1.39. The van der Waals surface area contributed by atoms with Gasteiger partial charge in [0.05, 0.1) is 17.8 Å². The van der Waals surface area contributed by atoms with E-state index in [1.807, 2.05) is 6.07 Å². The van der Waals surface area contributed by atoms with Gasteiger partial charge < -0.3 is 10.5 Å². The van der Waals surface area contributed by atoms with Gasteiger partial charge in [0.1, 0.15) is 10.8 Å². The van der Waals surface area contributed by atoms with Crippen LogP contribution in [-0.2, 0) is 12.0 Å². The summed E-state index contributed by atoms with van der Waals surface area (Å²) in [7, 11) is 0. The van der Waals surface area contributed by atoms with E-state index in [0.717, 1.165) is 42.3 Å². The minimum Gasteiger partial charge on any atom is -0.493 e. The van der Waals surface area contributed by atoms with Crippen LogP contribution in [0.3, 0.4) is 0 Å². The summed E-state index contributed by atoms with van der Waals surface area (Å²) >= 11 is 1.68. The number of fused-ring (bicyclic) bond motifs is 1. The molecular weight excluding hydrogens is 244 g/mol. The number of rotatable bonds is 2. The number of thiazole rings is 1. The molecule has 1 aromatic heterocycles. The molecule has 0 amide bonds. The number of nitrogens with zero attached hydrogens (tertiary/aromatic N) is 1. The van der Waals surface area contributed by atoms with Crippen LogP contribution in [-0.4, -0.2) is 11.6 Å². The van der Waals surface area contributed by atoms with Crippen LogP contribution in [0.5, 0.6) is 5.75 Å². The van der Waals surface area contributed by atoms with E-state index < -0.39 is 0 Å². The van der Waals surface area contributed by atoms with E-state index in [2.05, 4.69) is 17.5 Å². The summed E-state index contributed by atoms with van der Waals surface area (Å²) in [6.45, 7) is 0.799. The third-order valence-corrected chi connectivity index (χ3v) is 4.63. The smallest absolute Gasteiger partial charge is 0.123 e. The van der Waals surface area contributed by atoms with Gasteiger partial charge in [-0.05, 0) is 36.6 Å². The lowest BCUT2D eigenvalue weighted by molar-refractivity contribution is 0.357. The fraction of sp³-hybridized carbons (Fsp3) is 0.357. The molecule has 0 unspecified atom stereocenters. The number of ether oxygens (including phenoxy) is 1. The first kappa shape index (κ1) is 10.5. The molecule has 4 rings (SSSR count). The number of benzene rings is 1. The van der Waals surface area contributed by atoms with Crippen LogP contribution in [0.2, 0.25) is 0 Å². The van der Waals surface area contributed by atoms with Crippen molar-refractivity contribution in [2.75, 3.05) is 6.61 Å². The molecule has 0 spiro atoms. The van der Waals surface area contributed by atoms with Gasteiger partial charge in [-0.1, -0.05) is 0 Å². The lowest BCUT2D eigenvalue weighted by Crippen LogP contribution is -2.18. The van der Waals surface area contributed by atoms with E-state index in [1.165, 1.54) is 11.1 Å². The maximum absolute atomic E-state index is 6.17. The van der Waals surface area contributed by atoms with Gasteiger partial charge >= 0.3 is 0 Å². The van der Waals surface area contributed by atoms with E-state index in [0.29, 0.717) is 0 Å². The molecule has 3 nitrogen and oxygen atoms in total. The zero-order valence-electron chi connectivity index (χ0n) is 9.98. The first-order chi connectivity index (χ1) is 8.74. The van der Waals surface area contributed by atoms with Crippen molar-refractivity contribution in [3.05, 3.63) is 34.8 Å². The van der Waals surface area contributed by atoms with Crippen LogP contribution in [0.4, 0.5) is 0 Å². The Balaban J connectivity index is 1.72. The van der Waals surface area contributed by atoms with Crippen LogP contribution in [0, 0.1) is 0 Å². The molecule has 2 heterocycles. The minimum absolute atomic E-state index is 0.130. The fourth-order valence-electron chi connectivity index (χ4n) is 2.35. The number of aromatic nitrogens is 1.